The van der Waals surface area contributed by atoms with Gasteiger partial charge in [0, 0.05) is 0 Å². The summed E-state index contributed by atoms with van der Waals surface area (Å²) < 4.78 is 10.6. The normalized spacial score (nSPS) is 28.2. The maximum Gasteiger partial charge on any atom is 0.118 e. The molecule has 2 aliphatic carbocycles. The first-order valence-corrected chi connectivity index (χ1v) is 10.1. The van der Waals surface area contributed by atoms with Crippen molar-refractivity contribution in [3.63, 3.8) is 0 Å². The highest BCUT2D eigenvalue weighted by Crippen LogP contribution is 2.51. The maximum absolute atomic E-state index is 5.33. The van der Waals surface area contributed by atoms with Gasteiger partial charge in [0.05, 0.1) is 14.2 Å². The summed E-state index contributed by atoms with van der Waals surface area (Å²) in [7, 11) is 3.48. The standard InChI is InChI=1S/C24H30O2/c1-25-21-12-8-17(9-13-21)19-6-7-20(16-19)24-5-3-4-23(24)18-10-14-22(26-2)15-11-18/h8-15,19-20,23-24H,3-7,16H2,1-2H3. The predicted molar refractivity (Wildman–Crippen MR) is 106 cm³/mol. The molecule has 2 aromatic carbocycles. The Morgan fingerprint density at radius 1 is 0.692 bits per heavy atom. The molecule has 0 spiro atoms. The van der Waals surface area contributed by atoms with Gasteiger partial charge in [0.15, 0.2) is 0 Å². The smallest absolute Gasteiger partial charge is 0.118 e. The van der Waals surface area contributed by atoms with Gasteiger partial charge in [-0.2, -0.15) is 0 Å². The SMILES string of the molecule is COc1ccc(C2CCC(C3CCCC3c3ccc(OC)cc3)C2)cc1. The molecule has 0 aliphatic heterocycles. The van der Waals surface area contributed by atoms with Crippen LogP contribution in [0.4, 0.5) is 0 Å². The lowest BCUT2D eigenvalue weighted by molar-refractivity contribution is 0.313. The van der Waals surface area contributed by atoms with Gasteiger partial charge in [-0.15, -0.1) is 0 Å². The second-order valence-electron chi connectivity index (χ2n) is 8.02. The van der Waals surface area contributed by atoms with Crippen molar-refractivity contribution in [2.75, 3.05) is 14.2 Å². The molecule has 0 heterocycles. The van der Waals surface area contributed by atoms with Crippen LogP contribution in [0.1, 0.15) is 61.5 Å². The molecule has 4 unspecified atom stereocenters. The van der Waals surface area contributed by atoms with Crippen LogP contribution in [0.15, 0.2) is 48.5 Å². The average Bonchev–Trinajstić information content (AvgIpc) is 3.37. The van der Waals surface area contributed by atoms with Crippen molar-refractivity contribution in [3.05, 3.63) is 59.7 Å². The molecule has 0 N–H and O–H groups in total. The molecule has 2 aromatic rings. The van der Waals surface area contributed by atoms with Crippen molar-refractivity contribution < 1.29 is 9.47 Å². The van der Waals surface area contributed by atoms with Crippen LogP contribution >= 0.6 is 0 Å². The minimum Gasteiger partial charge on any atom is -0.497 e. The summed E-state index contributed by atoms with van der Waals surface area (Å²) in [6, 6.07) is 17.6. The first kappa shape index (κ1) is 17.5. The Labute approximate surface area is 157 Å². The summed E-state index contributed by atoms with van der Waals surface area (Å²) in [5, 5.41) is 0. The number of hydrogen-bond acceptors (Lipinski definition) is 2. The molecule has 0 bridgehead atoms. The third-order valence-electron chi connectivity index (χ3n) is 6.78. The molecule has 2 nitrogen and oxygen atoms in total. The topological polar surface area (TPSA) is 18.5 Å². The van der Waals surface area contributed by atoms with Crippen LogP contribution in [0.2, 0.25) is 0 Å². The van der Waals surface area contributed by atoms with Crippen LogP contribution in [0.25, 0.3) is 0 Å². The second-order valence-corrected chi connectivity index (χ2v) is 8.02. The average molecular weight is 351 g/mol. The van der Waals surface area contributed by atoms with Crippen LogP contribution in [-0.2, 0) is 0 Å². The minimum absolute atomic E-state index is 0.725. The fraction of sp³-hybridized carbons (Fsp3) is 0.500. The third-order valence-corrected chi connectivity index (χ3v) is 6.78. The number of benzene rings is 2. The number of rotatable bonds is 5. The summed E-state index contributed by atoms with van der Waals surface area (Å²) in [5.74, 6) is 5.11. The molecule has 2 fully saturated rings. The second kappa shape index (κ2) is 7.73. The van der Waals surface area contributed by atoms with Crippen LogP contribution in [0.5, 0.6) is 11.5 Å². The Kier molecular flexibility index (Phi) is 5.19. The minimum atomic E-state index is 0.725. The van der Waals surface area contributed by atoms with Crippen molar-refractivity contribution in [2.24, 2.45) is 11.8 Å². The van der Waals surface area contributed by atoms with Crippen molar-refractivity contribution in [1.29, 1.82) is 0 Å². The fourth-order valence-corrected chi connectivity index (χ4v) is 5.40. The molecule has 2 heteroatoms. The van der Waals surface area contributed by atoms with E-state index in [0.29, 0.717) is 0 Å². The van der Waals surface area contributed by atoms with Crippen LogP contribution in [0.3, 0.4) is 0 Å². The largest absolute Gasteiger partial charge is 0.497 e. The van der Waals surface area contributed by atoms with Crippen molar-refractivity contribution in [2.45, 2.75) is 50.4 Å². The van der Waals surface area contributed by atoms with Gasteiger partial charge in [-0.05, 0) is 91.2 Å². The van der Waals surface area contributed by atoms with Gasteiger partial charge < -0.3 is 9.47 Å². The molecule has 4 atom stereocenters. The molecule has 4 rings (SSSR count). The van der Waals surface area contributed by atoms with Crippen LogP contribution < -0.4 is 9.47 Å². The van der Waals surface area contributed by atoms with E-state index in [-0.39, 0.29) is 0 Å². The molecular formula is C24H30O2. The molecule has 0 aromatic heterocycles. The summed E-state index contributed by atoms with van der Waals surface area (Å²) in [5.41, 5.74) is 3.01. The molecular weight excluding hydrogens is 320 g/mol. The highest BCUT2D eigenvalue weighted by atomic mass is 16.5. The first-order valence-electron chi connectivity index (χ1n) is 10.1. The zero-order valence-corrected chi connectivity index (χ0v) is 16.0. The number of methoxy groups -OCH3 is 2. The Bertz CT molecular complexity index is 704. The molecule has 138 valence electrons. The zero-order valence-electron chi connectivity index (χ0n) is 16.0. The van der Waals surface area contributed by atoms with E-state index < -0.39 is 0 Å². The lowest BCUT2D eigenvalue weighted by Crippen LogP contribution is -2.15. The Balaban J connectivity index is 1.44. The summed E-state index contributed by atoms with van der Waals surface area (Å²) in [6.07, 6.45) is 8.20. The van der Waals surface area contributed by atoms with Gasteiger partial charge in [0.1, 0.15) is 11.5 Å². The van der Waals surface area contributed by atoms with Crippen LogP contribution in [-0.4, -0.2) is 14.2 Å². The van der Waals surface area contributed by atoms with Crippen LogP contribution in [0, 0.1) is 11.8 Å². The van der Waals surface area contributed by atoms with E-state index in [9.17, 15) is 0 Å². The van der Waals surface area contributed by atoms with E-state index in [2.05, 4.69) is 48.5 Å². The monoisotopic (exact) mass is 350 g/mol. The van der Waals surface area contributed by atoms with Crippen molar-refractivity contribution in [3.8, 4) is 11.5 Å². The quantitative estimate of drug-likeness (QED) is 0.642. The van der Waals surface area contributed by atoms with E-state index in [1.807, 2.05) is 0 Å². The van der Waals surface area contributed by atoms with E-state index in [4.69, 9.17) is 9.47 Å². The van der Waals surface area contributed by atoms with Crippen molar-refractivity contribution >= 4 is 0 Å². The van der Waals surface area contributed by atoms with Gasteiger partial charge >= 0.3 is 0 Å². The number of ether oxygens (including phenoxy) is 2. The molecule has 0 radical (unpaired) electrons. The summed E-state index contributed by atoms with van der Waals surface area (Å²) in [6.45, 7) is 0. The zero-order chi connectivity index (χ0) is 17.9. The van der Waals surface area contributed by atoms with Gasteiger partial charge in [-0.3, -0.25) is 0 Å². The summed E-state index contributed by atoms with van der Waals surface area (Å²) in [4.78, 5) is 0. The Morgan fingerprint density at radius 2 is 1.31 bits per heavy atom. The predicted octanol–water partition coefficient (Wildman–Crippen LogP) is 6.17. The van der Waals surface area contributed by atoms with E-state index in [1.165, 1.54) is 49.7 Å². The first-order chi connectivity index (χ1) is 12.8. The fourth-order valence-electron chi connectivity index (χ4n) is 5.40. The highest BCUT2D eigenvalue weighted by molar-refractivity contribution is 5.32. The molecule has 0 amide bonds. The molecule has 2 aliphatic rings. The van der Waals surface area contributed by atoms with Gasteiger partial charge in [-0.1, -0.05) is 30.7 Å². The molecule has 2 saturated carbocycles. The Morgan fingerprint density at radius 3 is 1.92 bits per heavy atom. The molecule has 26 heavy (non-hydrogen) atoms. The van der Waals surface area contributed by atoms with Gasteiger partial charge in [0.25, 0.3) is 0 Å². The van der Waals surface area contributed by atoms with E-state index in [1.54, 1.807) is 14.2 Å². The lowest BCUT2D eigenvalue weighted by atomic mass is 9.78. The van der Waals surface area contributed by atoms with Crippen molar-refractivity contribution in [1.82, 2.24) is 0 Å². The Hall–Kier alpha value is -1.96. The third kappa shape index (κ3) is 3.47. The number of hydrogen-bond donors (Lipinski definition) is 0. The van der Waals surface area contributed by atoms with Gasteiger partial charge in [0.2, 0.25) is 0 Å². The summed E-state index contributed by atoms with van der Waals surface area (Å²) >= 11 is 0. The molecule has 0 saturated heterocycles. The highest BCUT2D eigenvalue weighted by Gasteiger charge is 2.38. The van der Waals surface area contributed by atoms with E-state index in [0.717, 1.165) is 35.2 Å². The van der Waals surface area contributed by atoms with Gasteiger partial charge in [-0.25, -0.2) is 0 Å². The lowest BCUT2D eigenvalue weighted by Gasteiger charge is -2.26. The van der Waals surface area contributed by atoms with E-state index >= 15 is 0 Å². The maximum atomic E-state index is 5.33.